The van der Waals surface area contributed by atoms with E-state index in [0.29, 0.717) is 23.5 Å². The molecule has 1 amide bonds. The van der Waals surface area contributed by atoms with E-state index in [1.165, 1.54) is 5.56 Å². The molecule has 2 aromatic rings. The number of anilines is 1. The van der Waals surface area contributed by atoms with E-state index in [2.05, 4.69) is 6.07 Å². The Kier molecular flexibility index (Phi) is 4.48. The molecule has 0 atom stereocenters. The van der Waals surface area contributed by atoms with E-state index in [-0.39, 0.29) is 5.91 Å². The molecule has 4 heteroatoms. The van der Waals surface area contributed by atoms with Gasteiger partial charge in [-0.1, -0.05) is 29.8 Å². The number of amides is 1. The van der Waals surface area contributed by atoms with Crippen molar-refractivity contribution in [3.8, 4) is 5.75 Å². The highest BCUT2D eigenvalue weighted by Gasteiger charge is 2.14. The van der Waals surface area contributed by atoms with Crippen molar-refractivity contribution in [2.24, 2.45) is 0 Å². The van der Waals surface area contributed by atoms with E-state index in [1.54, 1.807) is 37.3 Å². The lowest BCUT2D eigenvalue weighted by atomic mass is 10.1. The summed E-state index contributed by atoms with van der Waals surface area (Å²) in [5.74, 6) is 0.504. The number of nitrogens with two attached hydrogens (primary N) is 1. The van der Waals surface area contributed by atoms with Crippen molar-refractivity contribution in [2.45, 2.75) is 13.5 Å². The lowest BCUT2D eigenvalue weighted by Crippen LogP contribution is -2.26. The van der Waals surface area contributed by atoms with E-state index in [9.17, 15) is 4.79 Å². The lowest BCUT2D eigenvalue weighted by Gasteiger charge is -2.18. The van der Waals surface area contributed by atoms with Gasteiger partial charge in [0.25, 0.3) is 5.91 Å². The Morgan fingerprint density at radius 2 is 2.00 bits per heavy atom. The first-order valence-corrected chi connectivity index (χ1v) is 6.75. The van der Waals surface area contributed by atoms with Crippen LogP contribution >= 0.6 is 0 Å². The van der Waals surface area contributed by atoms with Gasteiger partial charge < -0.3 is 15.4 Å². The highest BCUT2D eigenvalue weighted by Crippen LogP contribution is 2.20. The van der Waals surface area contributed by atoms with Crippen molar-refractivity contribution < 1.29 is 9.53 Å². The fourth-order valence-corrected chi connectivity index (χ4v) is 2.24. The molecule has 2 rings (SSSR count). The first-order chi connectivity index (χ1) is 9.99. The first-order valence-electron chi connectivity index (χ1n) is 6.75. The molecule has 0 aliphatic heterocycles. The molecule has 21 heavy (non-hydrogen) atoms. The number of carbonyl (C=O) groups is 1. The van der Waals surface area contributed by atoms with Crippen molar-refractivity contribution in [3.05, 3.63) is 59.2 Å². The zero-order valence-corrected chi connectivity index (χ0v) is 12.6. The summed E-state index contributed by atoms with van der Waals surface area (Å²) in [6, 6.07) is 13.2. The summed E-state index contributed by atoms with van der Waals surface area (Å²) in [6.07, 6.45) is 0. The van der Waals surface area contributed by atoms with Crippen molar-refractivity contribution >= 4 is 11.6 Å². The maximum absolute atomic E-state index is 12.5. The van der Waals surface area contributed by atoms with Gasteiger partial charge in [-0.05, 0) is 24.6 Å². The molecule has 0 aliphatic rings. The number of aryl methyl sites for hydroxylation is 1. The van der Waals surface area contributed by atoms with Gasteiger partial charge in [-0.2, -0.15) is 0 Å². The van der Waals surface area contributed by atoms with E-state index in [4.69, 9.17) is 10.5 Å². The zero-order valence-electron chi connectivity index (χ0n) is 12.6. The van der Waals surface area contributed by atoms with Crippen molar-refractivity contribution in [1.82, 2.24) is 4.90 Å². The van der Waals surface area contributed by atoms with Crippen LogP contribution in [0.1, 0.15) is 21.5 Å². The molecule has 4 nitrogen and oxygen atoms in total. The van der Waals surface area contributed by atoms with Gasteiger partial charge in [0.05, 0.1) is 7.11 Å². The summed E-state index contributed by atoms with van der Waals surface area (Å²) in [5.41, 5.74) is 9.12. The number of nitrogens with zero attached hydrogens (tertiary/aromatic N) is 1. The molecule has 0 radical (unpaired) electrons. The highest BCUT2D eigenvalue weighted by molar-refractivity contribution is 5.95. The Hall–Kier alpha value is -2.49. The molecule has 2 N–H and O–H groups in total. The second-order valence-corrected chi connectivity index (χ2v) is 5.15. The Balaban J connectivity index is 2.17. The van der Waals surface area contributed by atoms with E-state index in [1.807, 2.05) is 25.1 Å². The second kappa shape index (κ2) is 6.31. The molecule has 0 aliphatic carbocycles. The summed E-state index contributed by atoms with van der Waals surface area (Å²) >= 11 is 0. The van der Waals surface area contributed by atoms with Crippen LogP contribution in [0, 0.1) is 6.92 Å². The number of benzene rings is 2. The van der Waals surface area contributed by atoms with Gasteiger partial charge in [-0.3, -0.25) is 4.79 Å². The van der Waals surface area contributed by atoms with Crippen molar-refractivity contribution in [1.29, 1.82) is 0 Å². The topological polar surface area (TPSA) is 55.6 Å². The zero-order chi connectivity index (χ0) is 15.4. The summed E-state index contributed by atoms with van der Waals surface area (Å²) in [7, 11) is 3.33. The number of ether oxygens (including phenoxy) is 1. The van der Waals surface area contributed by atoms with Gasteiger partial charge in [0, 0.05) is 30.9 Å². The maximum Gasteiger partial charge on any atom is 0.254 e. The third-order valence-electron chi connectivity index (χ3n) is 3.26. The molecular weight excluding hydrogens is 264 g/mol. The van der Waals surface area contributed by atoms with E-state index >= 15 is 0 Å². The second-order valence-electron chi connectivity index (χ2n) is 5.15. The molecule has 2 aromatic carbocycles. The van der Waals surface area contributed by atoms with Gasteiger partial charge in [-0.25, -0.2) is 0 Å². The average molecular weight is 284 g/mol. The number of nitrogen functional groups attached to an aromatic ring is 1. The maximum atomic E-state index is 12.5. The fraction of sp³-hybridized carbons (Fsp3) is 0.235. The monoisotopic (exact) mass is 284 g/mol. The molecule has 0 fully saturated rings. The number of methoxy groups -OCH3 is 1. The number of carbonyl (C=O) groups excluding carboxylic acids is 1. The van der Waals surface area contributed by atoms with Crippen LogP contribution in [0.25, 0.3) is 0 Å². The Labute approximate surface area is 125 Å². The fourth-order valence-electron chi connectivity index (χ4n) is 2.24. The first kappa shape index (κ1) is 14.9. The SMILES string of the molecule is COc1cc(N)cc(C(=O)N(C)Cc2cccc(C)c2)c1. The van der Waals surface area contributed by atoms with Crippen LogP contribution in [0.2, 0.25) is 0 Å². The number of hydrogen-bond donors (Lipinski definition) is 1. The predicted molar refractivity (Wildman–Crippen MR) is 84.4 cm³/mol. The standard InChI is InChI=1S/C17H20N2O2/c1-12-5-4-6-13(7-12)11-19(2)17(20)14-8-15(18)10-16(9-14)21-3/h4-10H,11,18H2,1-3H3. The largest absolute Gasteiger partial charge is 0.497 e. The molecule has 110 valence electrons. The molecule has 0 saturated carbocycles. The Bertz CT molecular complexity index is 653. The van der Waals surface area contributed by atoms with E-state index < -0.39 is 0 Å². The van der Waals surface area contributed by atoms with Crippen LogP contribution in [-0.2, 0) is 6.54 Å². The van der Waals surface area contributed by atoms with E-state index in [0.717, 1.165) is 5.56 Å². The summed E-state index contributed by atoms with van der Waals surface area (Å²) in [5, 5.41) is 0. The van der Waals surface area contributed by atoms with Crippen molar-refractivity contribution in [3.63, 3.8) is 0 Å². The van der Waals surface area contributed by atoms with Crippen LogP contribution in [0.4, 0.5) is 5.69 Å². The third-order valence-corrected chi connectivity index (χ3v) is 3.26. The minimum absolute atomic E-state index is 0.0814. The summed E-state index contributed by atoms with van der Waals surface area (Å²) in [6.45, 7) is 2.59. The quantitative estimate of drug-likeness (QED) is 0.878. The highest BCUT2D eigenvalue weighted by atomic mass is 16.5. The van der Waals surface area contributed by atoms with Crippen LogP contribution < -0.4 is 10.5 Å². The van der Waals surface area contributed by atoms with Crippen LogP contribution in [0.3, 0.4) is 0 Å². The van der Waals surface area contributed by atoms with Crippen LogP contribution in [0.5, 0.6) is 5.75 Å². The molecule has 0 unspecified atom stereocenters. The summed E-state index contributed by atoms with van der Waals surface area (Å²) in [4.78, 5) is 14.1. The van der Waals surface area contributed by atoms with Gasteiger partial charge >= 0.3 is 0 Å². The molecule has 0 bridgehead atoms. The lowest BCUT2D eigenvalue weighted by molar-refractivity contribution is 0.0784. The molecule has 0 spiro atoms. The number of rotatable bonds is 4. The summed E-state index contributed by atoms with van der Waals surface area (Å²) < 4.78 is 5.15. The van der Waals surface area contributed by atoms with Crippen LogP contribution in [-0.4, -0.2) is 25.0 Å². The minimum atomic E-state index is -0.0814. The predicted octanol–water partition coefficient (Wildman–Crippen LogP) is 2.86. The average Bonchev–Trinajstić information content (AvgIpc) is 2.45. The normalized spacial score (nSPS) is 10.2. The Morgan fingerprint density at radius 1 is 1.24 bits per heavy atom. The molecular formula is C17H20N2O2. The van der Waals surface area contributed by atoms with Gasteiger partial charge in [-0.15, -0.1) is 0 Å². The van der Waals surface area contributed by atoms with Gasteiger partial charge in [0.1, 0.15) is 5.75 Å². The van der Waals surface area contributed by atoms with Crippen LogP contribution in [0.15, 0.2) is 42.5 Å². The molecule has 0 heterocycles. The molecule has 0 saturated heterocycles. The number of hydrogen-bond acceptors (Lipinski definition) is 3. The van der Waals surface area contributed by atoms with Gasteiger partial charge in [0.2, 0.25) is 0 Å². The van der Waals surface area contributed by atoms with Gasteiger partial charge in [0.15, 0.2) is 0 Å². The molecule has 0 aromatic heterocycles. The Morgan fingerprint density at radius 3 is 2.67 bits per heavy atom. The third kappa shape index (κ3) is 3.75. The smallest absolute Gasteiger partial charge is 0.254 e. The minimum Gasteiger partial charge on any atom is -0.497 e. The van der Waals surface area contributed by atoms with Crippen molar-refractivity contribution in [2.75, 3.05) is 19.9 Å².